The summed E-state index contributed by atoms with van der Waals surface area (Å²) in [6, 6.07) is 13.2. The normalized spacial score (nSPS) is 10.7. The standard InChI is InChI=1S/C14H10O3S/c15-14-13-10(6-7-18-13)8-12(17-14)9-16-11-4-2-1-3-5-11/h1-8H,9H2. The molecule has 3 nitrogen and oxygen atoms in total. The van der Waals surface area contributed by atoms with Crippen LogP contribution in [0.15, 0.2) is 57.1 Å². The summed E-state index contributed by atoms with van der Waals surface area (Å²) in [6.07, 6.45) is 0. The smallest absolute Gasteiger partial charge is 0.354 e. The Labute approximate surface area is 107 Å². The van der Waals surface area contributed by atoms with Crippen molar-refractivity contribution in [2.75, 3.05) is 0 Å². The molecular formula is C14H10O3S. The topological polar surface area (TPSA) is 39.4 Å². The number of fused-ring (bicyclic) bond motifs is 1. The van der Waals surface area contributed by atoms with Crippen LogP contribution in [0, 0.1) is 0 Å². The van der Waals surface area contributed by atoms with Crippen LogP contribution in [-0.2, 0) is 6.61 Å². The zero-order chi connectivity index (χ0) is 12.4. The molecule has 0 amide bonds. The third kappa shape index (κ3) is 2.15. The van der Waals surface area contributed by atoms with Crippen molar-refractivity contribution in [3.63, 3.8) is 0 Å². The van der Waals surface area contributed by atoms with E-state index in [9.17, 15) is 4.79 Å². The molecule has 0 aliphatic carbocycles. The molecule has 1 aromatic carbocycles. The highest BCUT2D eigenvalue weighted by Crippen LogP contribution is 2.19. The average Bonchev–Trinajstić information content (AvgIpc) is 2.86. The van der Waals surface area contributed by atoms with Crippen molar-refractivity contribution in [1.82, 2.24) is 0 Å². The molecule has 0 N–H and O–H groups in total. The molecule has 0 atom stereocenters. The molecule has 0 aliphatic rings. The SMILES string of the molecule is O=c1oc(COc2ccccc2)cc2ccsc12. The first kappa shape index (κ1) is 11.0. The number of rotatable bonds is 3. The Bertz CT molecular complexity index is 712. The van der Waals surface area contributed by atoms with Gasteiger partial charge in [-0.2, -0.15) is 0 Å². The van der Waals surface area contributed by atoms with E-state index in [4.69, 9.17) is 9.15 Å². The highest BCUT2D eigenvalue weighted by Gasteiger charge is 2.06. The first-order chi connectivity index (χ1) is 8.83. The fraction of sp³-hybridized carbons (Fsp3) is 0.0714. The van der Waals surface area contributed by atoms with Gasteiger partial charge in [0.25, 0.3) is 0 Å². The Balaban J connectivity index is 1.85. The maximum atomic E-state index is 11.7. The van der Waals surface area contributed by atoms with E-state index in [0.717, 1.165) is 11.1 Å². The summed E-state index contributed by atoms with van der Waals surface area (Å²) in [5.41, 5.74) is -0.297. The third-order valence-corrected chi connectivity index (χ3v) is 3.46. The number of hydrogen-bond acceptors (Lipinski definition) is 4. The van der Waals surface area contributed by atoms with Crippen LogP contribution in [-0.4, -0.2) is 0 Å². The van der Waals surface area contributed by atoms with Crippen molar-refractivity contribution in [2.24, 2.45) is 0 Å². The summed E-state index contributed by atoms with van der Waals surface area (Å²) in [5, 5.41) is 2.78. The van der Waals surface area contributed by atoms with E-state index < -0.39 is 0 Å². The van der Waals surface area contributed by atoms with Crippen LogP contribution in [0.4, 0.5) is 0 Å². The lowest BCUT2D eigenvalue weighted by molar-refractivity contribution is 0.263. The van der Waals surface area contributed by atoms with Crippen LogP contribution in [0.2, 0.25) is 0 Å². The maximum Gasteiger partial charge on any atom is 0.354 e. The second-order valence-corrected chi connectivity index (χ2v) is 4.72. The molecule has 4 heteroatoms. The number of ether oxygens (including phenoxy) is 1. The van der Waals surface area contributed by atoms with Gasteiger partial charge >= 0.3 is 5.63 Å². The van der Waals surface area contributed by atoms with Gasteiger partial charge in [0.15, 0.2) is 0 Å². The van der Waals surface area contributed by atoms with E-state index in [1.807, 2.05) is 47.8 Å². The van der Waals surface area contributed by atoms with Gasteiger partial charge in [0.05, 0.1) is 0 Å². The first-order valence-corrected chi connectivity index (χ1v) is 6.39. The van der Waals surface area contributed by atoms with Crippen molar-refractivity contribution >= 4 is 21.4 Å². The van der Waals surface area contributed by atoms with Crippen LogP contribution in [0.5, 0.6) is 5.75 Å². The van der Waals surface area contributed by atoms with Gasteiger partial charge in [-0.05, 0) is 29.6 Å². The van der Waals surface area contributed by atoms with E-state index in [2.05, 4.69) is 0 Å². The van der Waals surface area contributed by atoms with Gasteiger partial charge in [-0.15, -0.1) is 11.3 Å². The zero-order valence-corrected chi connectivity index (χ0v) is 10.3. The molecule has 0 bridgehead atoms. The maximum absolute atomic E-state index is 11.7. The quantitative estimate of drug-likeness (QED) is 0.722. The lowest BCUT2D eigenvalue weighted by Crippen LogP contribution is -2.02. The van der Waals surface area contributed by atoms with Crippen LogP contribution < -0.4 is 10.4 Å². The van der Waals surface area contributed by atoms with Crippen LogP contribution >= 0.6 is 11.3 Å². The largest absolute Gasteiger partial charge is 0.486 e. The molecular weight excluding hydrogens is 248 g/mol. The van der Waals surface area contributed by atoms with Gasteiger partial charge in [-0.25, -0.2) is 4.79 Å². The summed E-state index contributed by atoms with van der Waals surface area (Å²) in [5.74, 6) is 1.29. The molecule has 0 fully saturated rings. The molecule has 0 spiro atoms. The minimum atomic E-state index is -0.297. The zero-order valence-electron chi connectivity index (χ0n) is 9.46. The summed E-state index contributed by atoms with van der Waals surface area (Å²) in [4.78, 5) is 11.7. The van der Waals surface area contributed by atoms with Gasteiger partial charge in [0.1, 0.15) is 22.8 Å². The Hall–Kier alpha value is -2.07. The van der Waals surface area contributed by atoms with E-state index in [0.29, 0.717) is 10.5 Å². The number of hydrogen-bond donors (Lipinski definition) is 0. The molecule has 0 saturated carbocycles. The van der Waals surface area contributed by atoms with Crippen molar-refractivity contribution in [2.45, 2.75) is 6.61 Å². The van der Waals surface area contributed by atoms with Crippen molar-refractivity contribution < 1.29 is 9.15 Å². The van der Waals surface area contributed by atoms with Gasteiger partial charge in [-0.1, -0.05) is 18.2 Å². The molecule has 0 unspecified atom stereocenters. The summed E-state index contributed by atoms with van der Waals surface area (Å²) < 4.78 is 11.4. The van der Waals surface area contributed by atoms with Crippen LogP contribution in [0.3, 0.4) is 0 Å². The monoisotopic (exact) mass is 258 g/mol. The van der Waals surface area contributed by atoms with Gasteiger partial charge in [-0.3, -0.25) is 0 Å². The van der Waals surface area contributed by atoms with Crippen molar-refractivity contribution in [1.29, 1.82) is 0 Å². The van der Waals surface area contributed by atoms with E-state index >= 15 is 0 Å². The highest BCUT2D eigenvalue weighted by atomic mass is 32.1. The fourth-order valence-electron chi connectivity index (χ4n) is 1.71. The lowest BCUT2D eigenvalue weighted by atomic mass is 10.3. The number of para-hydroxylation sites is 1. The highest BCUT2D eigenvalue weighted by molar-refractivity contribution is 7.17. The predicted octanol–water partition coefficient (Wildman–Crippen LogP) is 3.43. The number of thiophene rings is 1. The molecule has 18 heavy (non-hydrogen) atoms. The summed E-state index contributed by atoms with van der Waals surface area (Å²) in [7, 11) is 0. The lowest BCUT2D eigenvalue weighted by Gasteiger charge is -2.04. The molecule has 3 rings (SSSR count). The summed E-state index contributed by atoms with van der Waals surface area (Å²) >= 11 is 1.39. The third-order valence-electron chi connectivity index (χ3n) is 2.55. The van der Waals surface area contributed by atoms with Gasteiger partial charge in [0.2, 0.25) is 0 Å². The fourth-order valence-corrected chi connectivity index (χ4v) is 2.46. The van der Waals surface area contributed by atoms with Crippen molar-refractivity contribution in [3.05, 3.63) is 64.0 Å². The van der Waals surface area contributed by atoms with Crippen molar-refractivity contribution in [3.8, 4) is 5.75 Å². The molecule has 2 heterocycles. The van der Waals surface area contributed by atoms with E-state index in [1.165, 1.54) is 11.3 Å². The minimum absolute atomic E-state index is 0.255. The minimum Gasteiger partial charge on any atom is -0.486 e. The Kier molecular flexibility index (Phi) is 2.86. The molecule has 2 aromatic heterocycles. The van der Waals surface area contributed by atoms with E-state index in [1.54, 1.807) is 0 Å². The average molecular weight is 258 g/mol. The van der Waals surface area contributed by atoms with Crippen LogP contribution in [0.1, 0.15) is 5.76 Å². The Morgan fingerprint density at radius 3 is 2.83 bits per heavy atom. The number of benzene rings is 1. The predicted molar refractivity (Wildman–Crippen MR) is 71.1 cm³/mol. The molecule has 0 saturated heterocycles. The van der Waals surface area contributed by atoms with Gasteiger partial charge in [0, 0.05) is 5.39 Å². The Morgan fingerprint density at radius 1 is 1.17 bits per heavy atom. The Morgan fingerprint density at radius 2 is 2.00 bits per heavy atom. The van der Waals surface area contributed by atoms with E-state index in [-0.39, 0.29) is 12.2 Å². The first-order valence-electron chi connectivity index (χ1n) is 5.51. The summed E-state index contributed by atoms with van der Waals surface area (Å²) in [6.45, 7) is 0.255. The van der Waals surface area contributed by atoms with Gasteiger partial charge < -0.3 is 9.15 Å². The molecule has 90 valence electrons. The molecule has 0 radical (unpaired) electrons. The molecule has 0 aliphatic heterocycles. The second kappa shape index (κ2) is 4.66. The second-order valence-electron chi connectivity index (χ2n) is 3.81. The molecule has 3 aromatic rings. The van der Waals surface area contributed by atoms with Crippen LogP contribution in [0.25, 0.3) is 10.1 Å².